The van der Waals surface area contributed by atoms with E-state index in [0.717, 1.165) is 30.4 Å². The lowest BCUT2D eigenvalue weighted by atomic mass is 10.2. The maximum atomic E-state index is 13.0. The average Bonchev–Trinajstić information content (AvgIpc) is 3.41. The minimum absolute atomic E-state index is 0.224. The van der Waals surface area contributed by atoms with Crippen LogP contribution in [-0.4, -0.2) is 42.5 Å². The van der Waals surface area contributed by atoms with Gasteiger partial charge in [-0.05, 0) is 48.4 Å². The standard InChI is InChI=1S/C25H27N3O5S/c1-5-6-7-12-33-19-10-8-16(13-20(19)31-3)14-22-24(29)28-25(34-22)26-23(27-28)17-9-11-18(30-2)21(15-17)32-4/h8-11,13-15H,5-7,12H2,1-4H3. The molecule has 2 aromatic carbocycles. The van der Waals surface area contributed by atoms with Crippen LogP contribution in [0.4, 0.5) is 0 Å². The van der Waals surface area contributed by atoms with E-state index in [1.807, 2.05) is 30.3 Å². The molecule has 0 saturated carbocycles. The number of benzene rings is 2. The van der Waals surface area contributed by atoms with Gasteiger partial charge in [0.1, 0.15) is 0 Å². The number of hydrogen-bond acceptors (Lipinski definition) is 8. The van der Waals surface area contributed by atoms with Crippen LogP contribution < -0.4 is 29.0 Å². The second-order valence-corrected chi connectivity index (χ2v) is 8.59. The van der Waals surface area contributed by atoms with Crippen molar-refractivity contribution in [3.05, 3.63) is 56.8 Å². The van der Waals surface area contributed by atoms with Gasteiger partial charge < -0.3 is 18.9 Å². The minimum Gasteiger partial charge on any atom is -0.493 e. The number of nitrogens with zero attached hydrogens (tertiary/aromatic N) is 3. The molecule has 2 heterocycles. The molecule has 0 aliphatic heterocycles. The van der Waals surface area contributed by atoms with Crippen molar-refractivity contribution < 1.29 is 18.9 Å². The van der Waals surface area contributed by atoms with Gasteiger partial charge in [0.05, 0.1) is 32.5 Å². The number of hydrogen-bond donors (Lipinski definition) is 0. The van der Waals surface area contributed by atoms with Crippen LogP contribution in [0.1, 0.15) is 31.7 Å². The number of fused-ring (bicyclic) bond motifs is 1. The van der Waals surface area contributed by atoms with Crippen LogP contribution in [0.25, 0.3) is 22.4 Å². The summed E-state index contributed by atoms with van der Waals surface area (Å²) in [5.41, 5.74) is 1.34. The SMILES string of the molecule is CCCCCOc1ccc(C=c2sc3nc(-c4ccc(OC)c(OC)c4)nn3c2=O)cc1OC. The summed E-state index contributed by atoms with van der Waals surface area (Å²) in [5, 5.41) is 4.41. The first-order valence-electron chi connectivity index (χ1n) is 11.0. The van der Waals surface area contributed by atoms with Gasteiger partial charge in [0.25, 0.3) is 5.56 Å². The van der Waals surface area contributed by atoms with Crippen molar-refractivity contribution >= 4 is 22.4 Å². The van der Waals surface area contributed by atoms with Gasteiger partial charge >= 0.3 is 0 Å². The van der Waals surface area contributed by atoms with Crippen molar-refractivity contribution in [1.82, 2.24) is 14.6 Å². The zero-order valence-electron chi connectivity index (χ0n) is 19.7. The third kappa shape index (κ3) is 4.84. The van der Waals surface area contributed by atoms with Crippen LogP contribution in [0.15, 0.2) is 41.2 Å². The van der Waals surface area contributed by atoms with E-state index in [1.165, 1.54) is 15.9 Å². The lowest BCUT2D eigenvalue weighted by molar-refractivity contribution is 0.286. The van der Waals surface area contributed by atoms with Crippen LogP contribution in [0.3, 0.4) is 0 Å². The molecule has 4 rings (SSSR count). The Morgan fingerprint density at radius 1 is 0.941 bits per heavy atom. The van der Waals surface area contributed by atoms with Gasteiger partial charge in [-0.1, -0.05) is 37.2 Å². The van der Waals surface area contributed by atoms with E-state index >= 15 is 0 Å². The maximum absolute atomic E-state index is 13.0. The van der Waals surface area contributed by atoms with Crippen molar-refractivity contribution in [3.63, 3.8) is 0 Å². The number of aromatic nitrogens is 3. The fourth-order valence-electron chi connectivity index (χ4n) is 3.51. The van der Waals surface area contributed by atoms with E-state index in [4.69, 9.17) is 18.9 Å². The Hall–Kier alpha value is -3.59. The molecule has 4 aromatic rings. The van der Waals surface area contributed by atoms with Crippen molar-refractivity contribution in [2.24, 2.45) is 0 Å². The Balaban J connectivity index is 1.62. The normalized spacial score (nSPS) is 11.7. The van der Waals surface area contributed by atoms with Crippen molar-refractivity contribution in [3.8, 4) is 34.4 Å². The van der Waals surface area contributed by atoms with Gasteiger partial charge in [-0.25, -0.2) is 0 Å². The second-order valence-electron chi connectivity index (χ2n) is 7.58. The third-order valence-corrected chi connectivity index (χ3v) is 6.27. The molecule has 2 aromatic heterocycles. The highest BCUT2D eigenvalue weighted by Crippen LogP contribution is 2.31. The van der Waals surface area contributed by atoms with Gasteiger partial charge in [-0.2, -0.15) is 9.50 Å². The Morgan fingerprint density at radius 3 is 2.38 bits per heavy atom. The van der Waals surface area contributed by atoms with Crippen LogP contribution in [0.5, 0.6) is 23.0 Å². The van der Waals surface area contributed by atoms with Crippen LogP contribution in [-0.2, 0) is 0 Å². The van der Waals surface area contributed by atoms with Gasteiger partial charge in [0.15, 0.2) is 28.8 Å². The van der Waals surface area contributed by atoms with Crippen LogP contribution in [0, 0.1) is 0 Å². The summed E-state index contributed by atoms with van der Waals surface area (Å²) < 4.78 is 23.8. The van der Waals surface area contributed by atoms with Crippen molar-refractivity contribution in [1.29, 1.82) is 0 Å². The van der Waals surface area contributed by atoms with E-state index in [-0.39, 0.29) is 5.56 Å². The molecular weight excluding hydrogens is 454 g/mol. The molecule has 0 radical (unpaired) electrons. The molecule has 0 spiro atoms. The number of thiazole rings is 1. The highest BCUT2D eigenvalue weighted by Gasteiger charge is 2.14. The molecule has 34 heavy (non-hydrogen) atoms. The quantitative estimate of drug-likeness (QED) is 0.317. The molecule has 0 fully saturated rings. The summed E-state index contributed by atoms with van der Waals surface area (Å²) in [6.45, 7) is 2.80. The predicted molar refractivity (Wildman–Crippen MR) is 132 cm³/mol. The molecule has 0 unspecified atom stereocenters. The Morgan fingerprint density at radius 2 is 1.68 bits per heavy atom. The van der Waals surface area contributed by atoms with Crippen molar-refractivity contribution in [2.45, 2.75) is 26.2 Å². The van der Waals surface area contributed by atoms with Gasteiger partial charge in [-0.15, -0.1) is 5.10 Å². The molecule has 178 valence electrons. The van der Waals surface area contributed by atoms with Gasteiger partial charge in [0.2, 0.25) is 4.96 Å². The zero-order valence-corrected chi connectivity index (χ0v) is 20.5. The number of unbranched alkanes of at least 4 members (excludes halogenated alkanes) is 2. The summed E-state index contributed by atoms with van der Waals surface area (Å²) in [6, 6.07) is 11.0. The summed E-state index contributed by atoms with van der Waals surface area (Å²) in [6.07, 6.45) is 5.08. The minimum atomic E-state index is -0.224. The molecule has 0 bridgehead atoms. The fourth-order valence-corrected chi connectivity index (χ4v) is 4.42. The van der Waals surface area contributed by atoms with Crippen LogP contribution in [0.2, 0.25) is 0 Å². The molecule has 0 N–H and O–H groups in total. The van der Waals surface area contributed by atoms with Gasteiger partial charge in [-0.3, -0.25) is 4.79 Å². The van der Waals surface area contributed by atoms with E-state index in [1.54, 1.807) is 33.5 Å². The first-order chi connectivity index (χ1) is 16.6. The first-order valence-corrected chi connectivity index (χ1v) is 11.8. The molecule has 0 amide bonds. The highest BCUT2D eigenvalue weighted by atomic mass is 32.1. The molecule has 0 saturated heterocycles. The fraction of sp³-hybridized carbons (Fsp3) is 0.320. The van der Waals surface area contributed by atoms with E-state index in [9.17, 15) is 4.79 Å². The zero-order chi connectivity index (χ0) is 24.1. The molecular formula is C25H27N3O5S. The summed E-state index contributed by atoms with van der Waals surface area (Å²) in [5.74, 6) is 2.96. The van der Waals surface area contributed by atoms with E-state index < -0.39 is 0 Å². The topological polar surface area (TPSA) is 84.2 Å². The average molecular weight is 482 g/mol. The third-order valence-electron chi connectivity index (χ3n) is 5.31. The number of rotatable bonds is 10. The summed E-state index contributed by atoms with van der Waals surface area (Å²) in [7, 11) is 4.75. The van der Waals surface area contributed by atoms with Crippen molar-refractivity contribution in [2.75, 3.05) is 27.9 Å². The van der Waals surface area contributed by atoms with Gasteiger partial charge in [0, 0.05) is 5.56 Å². The largest absolute Gasteiger partial charge is 0.493 e. The smallest absolute Gasteiger partial charge is 0.291 e. The Bertz CT molecular complexity index is 1400. The van der Waals surface area contributed by atoms with E-state index in [2.05, 4.69) is 17.0 Å². The number of methoxy groups -OCH3 is 3. The molecule has 0 aliphatic rings. The lowest BCUT2D eigenvalue weighted by Gasteiger charge is -2.11. The monoisotopic (exact) mass is 481 g/mol. The lowest BCUT2D eigenvalue weighted by Crippen LogP contribution is -2.23. The molecule has 9 heteroatoms. The second kappa shape index (κ2) is 10.6. The molecule has 8 nitrogen and oxygen atoms in total. The Labute approximate surface area is 201 Å². The predicted octanol–water partition coefficient (Wildman–Crippen LogP) is 3.96. The maximum Gasteiger partial charge on any atom is 0.291 e. The van der Waals surface area contributed by atoms with E-state index in [0.29, 0.717) is 44.9 Å². The first kappa shape index (κ1) is 23.6. The summed E-state index contributed by atoms with van der Waals surface area (Å²) in [4.78, 5) is 18.0. The van der Waals surface area contributed by atoms with Crippen LogP contribution >= 0.6 is 11.3 Å². The highest BCUT2D eigenvalue weighted by molar-refractivity contribution is 7.15. The molecule has 0 atom stereocenters. The summed E-state index contributed by atoms with van der Waals surface area (Å²) >= 11 is 1.28. The number of ether oxygens (including phenoxy) is 4. The Kier molecular flexibility index (Phi) is 7.32. The molecule has 0 aliphatic carbocycles.